The summed E-state index contributed by atoms with van der Waals surface area (Å²) in [7, 11) is 2.48. The maximum atomic E-state index is 13.0. The second-order valence-electron chi connectivity index (χ2n) is 6.39. The number of esters is 1. The Balaban J connectivity index is 2.27. The number of aromatic hydroxyl groups is 1. The molecule has 0 radical (unpaired) electrons. The number of phenols is 1. The van der Waals surface area contributed by atoms with Crippen molar-refractivity contribution < 1.29 is 29.0 Å². The highest BCUT2D eigenvalue weighted by Gasteiger charge is 2.37. The first-order valence-corrected chi connectivity index (χ1v) is 8.73. The number of pyridine rings is 1. The summed E-state index contributed by atoms with van der Waals surface area (Å²) in [6.45, 7) is 1.99. The Bertz CT molecular complexity index is 1070. The van der Waals surface area contributed by atoms with E-state index in [4.69, 9.17) is 4.74 Å². The van der Waals surface area contributed by atoms with Gasteiger partial charge in [-0.3, -0.25) is 14.4 Å². The first-order valence-electron chi connectivity index (χ1n) is 8.73. The van der Waals surface area contributed by atoms with E-state index in [0.717, 1.165) is 26.0 Å². The van der Waals surface area contributed by atoms with Crippen molar-refractivity contribution in [2.75, 3.05) is 14.2 Å². The minimum Gasteiger partial charge on any atom is -0.504 e. The van der Waals surface area contributed by atoms with Gasteiger partial charge < -0.3 is 19.6 Å². The van der Waals surface area contributed by atoms with Gasteiger partial charge in [-0.15, -0.1) is 0 Å². The van der Waals surface area contributed by atoms with Crippen molar-refractivity contribution in [1.29, 1.82) is 0 Å². The van der Waals surface area contributed by atoms with Gasteiger partial charge in [0.2, 0.25) is 5.78 Å². The maximum absolute atomic E-state index is 13.0. The molecule has 0 spiro atoms. The number of carbonyl (C=O) groups is 3. The Labute approximate surface area is 160 Å². The minimum atomic E-state index is -0.859. The number of H-pyrrole nitrogens is 1. The van der Waals surface area contributed by atoms with Gasteiger partial charge in [0.1, 0.15) is 11.4 Å². The number of rotatable bonds is 5. The lowest BCUT2D eigenvalue weighted by Crippen LogP contribution is -2.31. The molecule has 8 heteroatoms. The van der Waals surface area contributed by atoms with Gasteiger partial charge in [0, 0.05) is 11.6 Å². The highest BCUT2D eigenvalue weighted by molar-refractivity contribution is 6.29. The molecular weight excluding hydrogens is 366 g/mol. The van der Waals surface area contributed by atoms with Gasteiger partial charge in [0.05, 0.1) is 25.3 Å². The fourth-order valence-electron chi connectivity index (χ4n) is 3.33. The summed E-state index contributed by atoms with van der Waals surface area (Å²) in [4.78, 5) is 52.6. The van der Waals surface area contributed by atoms with Crippen molar-refractivity contribution in [3.63, 3.8) is 0 Å². The molecule has 146 valence electrons. The Morgan fingerprint density at radius 2 is 1.82 bits per heavy atom. The molecule has 0 bridgehead atoms. The average Bonchev–Trinajstić information content (AvgIpc) is 2.68. The number of aromatic nitrogens is 1. The zero-order chi connectivity index (χ0) is 20.6. The van der Waals surface area contributed by atoms with Crippen LogP contribution in [0.1, 0.15) is 67.8 Å². The van der Waals surface area contributed by atoms with Crippen LogP contribution in [0.15, 0.2) is 16.9 Å². The van der Waals surface area contributed by atoms with E-state index in [2.05, 4.69) is 9.72 Å². The molecule has 1 heterocycles. The number of phenolic OH excluding ortho intramolecular Hbond substituents is 1. The van der Waals surface area contributed by atoms with Crippen LogP contribution in [0.5, 0.6) is 11.5 Å². The van der Waals surface area contributed by atoms with Gasteiger partial charge in [-0.25, -0.2) is 4.79 Å². The molecule has 8 nitrogen and oxygen atoms in total. The maximum Gasteiger partial charge on any atom is 0.354 e. The number of hydrogen-bond acceptors (Lipinski definition) is 7. The van der Waals surface area contributed by atoms with E-state index in [-0.39, 0.29) is 33.8 Å². The average molecular weight is 385 g/mol. The van der Waals surface area contributed by atoms with Gasteiger partial charge in [-0.1, -0.05) is 13.3 Å². The largest absolute Gasteiger partial charge is 0.504 e. The molecule has 3 rings (SSSR count). The molecule has 2 aromatic rings. The number of fused-ring (bicyclic) bond motifs is 2. The molecule has 1 aromatic heterocycles. The molecule has 0 unspecified atom stereocenters. The Kier molecular flexibility index (Phi) is 5.04. The van der Waals surface area contributed by atoms with Crippen LogP contribution in [-0.2, 0) is 11.2 Å². The Morgan fingerprint density at radius 1 is 1.11 bits per heavy atom. The lowest BCUT2D eigenvalue weighted by molar-refractivity contribution is 0.0593. The number of unbranched alkanes of at least 4 members (excludes halogenated alkanes) is 1. The summed E-state index contributed by atoms with van der Waals surface area (Å²) in [5.74, 6) is -2.67. The smallest absolute Gasteiger partial charge is 0.354 e. The number of aromatic amines is 1. The van der Waals surface area contributed by atoms with Crippen LogP contribution in [0, 0.1) is 0 Å². The quantitative estimate of drug-likeness (QED) is 0.644. The second-order valence-corrected chi connectivity index (χ2v) is 6.39. The fraction of sp³-hybridized carbons (Fsp3) is 0.300. The highest BCUT2D eigenvalue weighted by atomic mass is 16.5. The summed E-state index contributed by atoms with van der Waals surface area (Å²) in [5.41, 5.74) is -1.50. The molecule has 0 fully saturated rings. The SMILES string of the molecule is CCCCc1cc2c(c(O)c1OC)C(=O)c1[nH]c(C(=O)OC)cc(=O)c1C2=O. The first-order chi connectivity index (χ1) is 13.3. The summed E-state index contributed by atoms with van der Waals surface area (Å²) in [5, 5.41) is 10.6. The van der Waals surface area contributed by atoms with Gasteiger partial charge >= 0.3 is 5.97 Å². The summed E-state index contributed by atoms with van der Waals surface area (Å²) in [6, 6.07) is 2.41. The molecule has 0 aliphatic heterocycles. The van der Waals surface area contributed by atoms with Crippen molar-refractivity contribution >= 4 is 17.5 Å². The normalized spacial score (nSPS) is 12.4. The minimum absolute atomic E-state index is 0.0572. The van der Waals surface area contributed by atoms with E-state index in [1.54, 1.807) is 0 Å². The Morgan fingerprint density at radius 3 is 2.43 bits per heavy atom. The molecule has 1 aromatic carbocycles. The number of benzene rings is 1. The molecular formula is C20H19NO7. The molecule has 1 aliphatic rings. The third-order valence-electron chi connectivity index (χ3n) is 4.70. The molecule has 0 saturated heterocycles. The van der Waals surface area contributed by atoms with Crippen molar-refractivity contribution in [1.82, 2.24) is 4.98 Å². The second kappa shape index (κ2) is 7.30. The van der Waals surface area contributed by atoms with Gasteiger partial charge in [-0.05, 0) is 24.5 Å². The zero-order valence-corrected chi connectivity index (χ0v) is 15.7. The third-order valence-corrected chi connectivity index (χ3v) is 4.70. The number of ketones is 2. The van der Waals surface area contributed by atoms with Crippen LogP contribution in [-0.4, -0.2) is 41.8 Å². The number of hydrogen-bond donors (Lipinski definition) is 2. The monoisotopic (exact) mass is 385 g/mol. The highest BCUT2D eigenvalue weighted by Crippen LogP contribution is 2.41. The van der Waals surface area contributed by atoms with Crippen LogP contribution in [0.3, 0.4) is 0 Å². The first kappa shape index (κ1) is 19.3. The molecule has 1 aliphatic carbocycles. The third kappa shape index (κ3) is 2.87. The summed E-state index contributed by atoms with van der Waals surface area (Å²) < 4.78 is 9.81. The topological polar surface area (TPSA) is 123 Å². The molecule has 2 N–H and O–H groups in total. The number of carbonyl (C=O) groups excluding carboxylic acids is 3. The van der Waals surface area contributed by atoms with Crippen LogP contribution in [0.2, 0.25) is 0 Å². The van der Waals surface area contributed by atoms with Gasteiger partial charge in [-0.2, -0.15) is 0 Å². The number of methoxy groups -OCH3 is 2. The Hall–Kier alpha value is -3.42. The predicted molar refractivity (Wildman–Crippen MR) is 98.5 cm³/mol. The van der Waals surface area contributed by atoms with Crippen LogP contribution in [0.4, 0.5) is 0 Å². The van der Waals surface area contributed by atoms with E-state index in [9.17, 15) is 24.3 Å². The molecule has 0 atom stereocenters. The number of nitrogens with one attached hydrogen (secondary N) is 1. The number of ether oxygens (including phenoxy) is 2. The summed E-state index contributed by atoms with van der Waals surface area (Å²) >= 11 is 0. The molecule has 0 amide bonds. The predicted octanol–water partition coefficient (Wildman–Crippen LogP) is 1.99. The van der Waals surface area contributed by atoms with Crippen molar-refractivity contribution in [2.45, 2.75) is 26.2 Å². The van der Waals surface area contributed by atoms with Gasteiger partial charge in [0.15, 0.2) is 22.7 Å². The van der Waals surface area contributed by atoms with Crippen LogP contribution >= 0.6 is 0 Å². The molecule has 28 heavy (non-hydrogen) atoms. The van der Waals surface area contributed by atoms with Crippen molar-refractivity contribution in [3.8, 4) is 11.5 Å². The van der Waals surface area contributed by atoms with Gasteiger partial charge in [0.25, 0.3) is 0 Å². The van der Waals surface area contributed by atoms with E-state index < -0.39 is 28.7 Å². The van der Waals surface area contributed by atoms with E-state index in [1.807, 2.05) is 6.92 Å². The lowest BCUT2D eigenvalue weighted by Gasteiger charge is -2.21. The van der Waals surface area contributed by atoms with E-state index in [0.29, 0.717) is 12.0 Å². The van der Waals surface area contributed by atoms with Crippen LogP contribution < -0.4 is 10.2 Å². The van der Waals surface area contributed by atoms with Crippen molar-refractivity contribution in [2.24, 2.45) is 0 Å². The van der Waals surface area contributed by atoms with E-state index in [1.165, 1.54) is 13.2 Å². The molecule has 0 saturated carbocycles. The van der Waals surface area contributed by atoms with Crippen molar-refractivity contribution in [3.05, 3.63) is 56.0 Å². The number of aryl methyl sites for hydroxylation is 1. The van der Waals surface area contributed by atoms with E-state index >= 15 is 0 Å². The van der Waals surface area contributed by atoms with Crippen LogP contribution in [0.25, 0.3) is 0 Å². The summed E-state index contributed by atoms with van der Waals surface area (Å²) in [6.07, 6.45) is 2.20. The fourth-order valence-corrected chi connectivity index (χ4v) is 3.33. The zero-order valence-electron chi connectivity index (χ0n) is 15.7. The standard InChI is InChI=1S/C20H19NO7/c1-4-5-6-9-7-10-13(18(25)19(9)27-2)17(24)15-14(16(10)23)12(22)8-11(21-15)20(26)28-3/h7-8,25H,4-6H2,1-3H3,(H,21,22). The lowest BCUT2D eigenvalue weighted by atomic mass is 9.84.